The van der Waals surface area contributed by atoms with Crippen LogP contribution in [0, 0.1) is 11.3 Å². The van der Waals surface area contributed by atoms with E-state index in [9.17, 15) is 0 Å². The first kappa shape index (κ1) is 10.4. The van der Waals surface area contributed by atoms with Gasteiger partial charge in [-0.2, -0.15) is 0 Å². The first-order chi connectivity index (χ1) is 6.62. The van der Waals surface area contributed by atoms with Gasteiger partial charge in [0.15, 0.2) is 0 Å². The largest absolute Gasteiger partial charge is 0.316 e. The second-order valence-electron chi connectivity index (χ2n) is 5.65. The highest BCUT2D eigenvalue weighted by Gasteiger charge is 2.40. The number of hydrogen-bond donors (Lipinski definition) is 1. The van der Waals surface area contributed by atoms with Gasteiger partial charge in [-0.05, 0) is 57.7 Å². The van der Waals surface area contributed by atoms with Crippen LogP contribution in [0.4, 0.5) is 0 Å². The van der Waals surface area contributed by atoms with Gasteiger partial charge in [-0.15, -0.1) is 0 Å². The van der Waals surface area contributed by atoms with Gasteiger partial charge in [-0.3, -0.25) is 0 Å². The van der Waals surface area contributed by atoms with Crippen LogP contribution in [0.2, 0.25) is 0 Å². The fourth-order valence-electron chi connectivity index (χ4n) is 3.01. The van der Waals surface area contributed by atoms with Crippen LogP contribution >= 0.6 is 0 Å². The summed E-state index contributed by atoms with van der Waals surface area (Å²) in [5.74, 6) is 0.922. The Balaban J connectivity index is 2.02. The minimum atomic E-state index is 0.587. The fraction of sp³-hybridized carbons (Fsp3) is 1.00. The van der Waals surface area contributed by atoms with E-state index in [0.29, 0.717) is 5.41 Å². The highest BCUT2D eigenvalue weighted by atomic mass is 15.2. The molecule has 2 saturated heterocycles. The first-order valence-corrected chi connectivity index (χ1v) is 6.06. The molecular weight excluding hydrogens is 172 g/mol. The minimum Gasteiger partial charge on any atom is -0.316 e. The fourth-order valence-corrected chi connectivity index (χ4v) is 3.01. The summed E-state index contributed by atoms with van der Waals surface area (Å²) >= 11 is 0. The molecule has 0 aromatic rings. The molecule has 82 valence electrons. The second-order valence-corrected chi connectivity index (χ2v) is 5.65. The lowest BCUT2D eigenvalue weighted by atomic mass is 9.76. The zero-order chi connectivity index (χ0) is 10.2. The number of likely N-dealkylation sites (tertiary alicyclic amines) is 1. The molecule has 0 radical (unpaired) electrons. The lowest BCUT2D eigenvalue weighted by Crippen LogP contribution is -2.33. The Bertz CT molecular complexity index is 202. The monoisotopic (exact) mass is 196 g/mol. The maximum atomic E-state index is 3.56. The standard InChI is InChI=1S/C12H24N2/c1-10(2)14-6-4-11-8-13-9-12(11,3)5-7-14/h10-11,13H,4-9H2,1-3H3. The average Bonchev–Trinajstić information content (AvgIpc) is 2.40. The Kier molecular flexibility index (Phi) is 2.85. The topological polar surface area (TPSA) is 15.3 Å². The van der Waals surface area contributed by atoms with Gasteiger partial charge in [0.2, 0.25) is 0 Å². The van der Waals surface area contributed by atoms with E-state index in [4.69, 9.17) is 0 Å². The molecular formula is C12H24N2. The van der Waals surface area contributed by atoms with E-state index in [1.165, 1.54) is 39.0 Å². The van der Waals surface area contributed by atoms with Crippen molar-refractivity contribution in [2.75, 3.05) is 26.2 Å². The van der Waals surface area contributed by atoms with Gasteiger partial charge in [0.05, 0.1) is 0 Å². The van der Waals surface area contributed by atoms with Crippen molar-refractivity contribution in [3.05, 3.63) is 0 Å². The summed E-state index contributed by atoms with van der Waals surface area (Å²) in [6.45, 7) is 12.2. The zero-order valence-corrected chi connectivity index (χ0v) is 9.84. The van der Waals surface area contributed by atoms with E-state index in [1.807, 2.05) is 0 Å². The second kappa shape index (κ2) is 3.82. The molecule has 0 aromatic heterocycles. The average molecular weight is 196 g/mol. The molecule has 2 nitrogen and oxygen atoms in total. The quantitative estimate of drug-likeness (QED) is 0.687. The third-order valence-corrected chi connectivity index (χ3v) is 4.37. The maximum Gasteiger partial charge on any atom is 0.00385 e. The summed E-state index contributed by atoms with van der Waals surface area (Å²) in [6, 6.07) is 0.727. The molecule has 0 bridgehead atoms. The van der Waals surface area contributed by atoms with Crippen molar-refractivity contribution in [1.82, 2.24) is 10.2 Å². The predicted molar refractivity (Wildman–Crippen MR) is 60.4 cm³/mol. The third kappa shape index (κ3) is 1.82. The van der Waals surface area contributed by atoms with Crippen molar-refractivity contribution >= 4 is 0 Å². The molecule has 0 spiro atoms. The van der Waals surface area contributed by atoms with Gasteiger partial charge >= 0.3 is 0 Å². The van der Waals surface area contributed by atoms with E-state index < -0.39 is 0 Å². The Labute approximate surface area is 88.1 Å². The lowest BCUT2D eigenvalue weighted by Gasteiger charge is -2.28. The molecule has 2 fully saturated rings. The Hall–Kier alpha value is -0.0800. The summed E-state index contributed by atoms with van der Waals surface area (Å²) in [5, 5.41) is 3.56. The summed E-state index contributed by atoms with van der Waals surface area (Å²) in [7, 11) is 0. The van der Waals surface area contributed by atoms with Crippen molar-refractivity contribution in [3.63, 3.8) is 0 Å². The summed E-state index contributed by atoms with van der Waals surface area (Å²) in [4.78, 5) is 2.64. The molecule has 14 heavy (non-hydrogen) atoms. The minimum absolute atomic E-state index is 0.587. The summed E-state index contributed by atoms with van der Waals surface area (Å²) in [6.07, 6.45) is 2.77. The summed E-state index contributed by atoms with van der Waals surface area (Å²) < 4.78 is 0. The van der Waals surface area contributed by atoms with Gasteiger partial charge in [0.25, 0.3) is 0 Å². The van der Waals surface area contributed by atoms with Crippen LogP contribution in [0.3, 0.4) is 0 Å². The first-order valence-electron chi connectivity index (χ1n) is 6.06. The van der Waals surface area contributed by atoms with E-state index in [1.54, 1.807) is 0 Å². The van der Waals surface area contributed by atoms with Gasteiger partial charge < -0.3 is 10.2 Å². The Morgan fingerprint density at radius 2 is 2.14 bits per heavy atom. The Morgan fingerprint density at radius 3 is 2.86 bits per heavy atom. The number of fused-ring (bicyclic) bond motifs is 1. The van der Waals surface area contributed by atoms with Gasteiger partial charge in [-0.1, -0.05) is 6.92 Å². The van der Waals surface area contributed by atoms with Gasteiger partial charge in [0.1, 0.15) is 0 Å². The van der Waals surface area contributed by atoms with Crippen molar-refractivity contribution < 1.29 is 0 Å². The molecule has 0 aromatic carbocycles. The molecule has 0 amide bonds. The van der Waals surface area contributed by atoms with E-state index in [2.05, 4.69) is 31.0 Å². The summed E-state index contributed by atoms with van der Waals surface area (Å²) in [5.41, 5.74) is 0.587. The Morgan fingerprint density at radius 1 is 1.36 bits per heavy atom. The molecule has 2 atom stereocenters. The molecule has 2 heterocycles. The molecule has 1 N–H and O–H groups in total. The van der Waals surface area contributed by atoms with Crippen LogP contribution in [0.15, 0.2) is 0 Å². The van der Waals surface area contributed by atoms with Crippen molar-refractivity contribution in [2.45, 2.75) is 39.7 Å². The van der Waals surface area contributed by atoms with Crippen LogP contribution in [-0.4, -0.2) is 37.1 Å². The number of hydrogen-bond acceptors (Lipinski definition) is 2. The normalized spacial score (nSPS) is 39.9. The van der Waals surface area contributed by atoms with E-state index in [0.717, 1.165) is 12.0 Å². The molecule has 2 aliphatic heterocycles. The van der Waals surface area contributed by atoms with E-state index in [-0.39, 0.29) is 0 Å². The number of rotatable bonds is 1. The molecule has 2 aliphatic rings. The van der Waals surface area contributed by atoms with Gasteiger partial charge in [0, 0.05) is 12.6 Å². The van der Waals surface area contributed by atoms with Gasteiger partial charge in [-0.25, -0.2) is 0 Å². The zero-order valence-electron chi connectivity index (χ0n) is 9.84. The van der Waals surface area contributed by atoms with Crippen LogP contribution in [-0.2, 0) is 0 Å². The highest BCUT2D eigenvalue weighted by molar-refractivity contribution is 4.94. The van der Waals surface area contributed by atoms with Crippen LogP contribution < -0.4 is 5.32 Å². The molecule has 0 saturated carbocycles. The number of nitrogens with zero attached hydrogens (tertiary/aromatic N) is 1. The SMILES string of the molecule is CC(C)N1CCC2CNCC2(C)CC1. The van der Waals surface area contributed by atoms with Crippen LogP contribution in [0.5, 0.6) is 0 Å². The van der Waals surface area contributed by atoms with Crippen molar-refractivity contribution in [1.29, 1.82) is 0 Å². The van der Waals surface area contributed by atoms with Crippen molar-refractivity contribution in [3.8, 4) is 0 Å². The predicted octanol–water partition coefficient (Wildman–Crippen LogP) is 1.72. The molecule has 0 aliphatic carbocycles. The lowest BCUT2D eigenvalue weighted by molar-refractivity contribution is 0.213. The van der Waals surface area contributed by atoms with Crippen LogP contribution in [0.25, 0.3) is 0 Å². The number of nitrogens with one attached hydrogen (secondary N) is 1. The molecule has 2 heteroatoms. The molecule has 2 rings (SSSR count). The van der Waals surface area contributed by atoms with Crippen LogP contribution in [0.1, 0.15) is 33.6 Å². The van der Waals surface area contributed by atoms with Crippen molar-refractivity contribution in [2.24, 2.45) is 11.3 Å². The third-order valence-electron chi connectivity index (χ3n) is 4.37. The highest BCUT2D eigenvalue weighted by Crippen LogP contribution is 2.39. The molecule has 2 unspecified atom stereocenters. The smallest absolute Gasteiger partial charge is 0.00385 e. The maximum absolute atomic E-state index is 3.56. The van der Waals surface area contributed by atoms with E-state index >= 15 is 0 Å².